The lowest BCUT2D eigenvalue weighted by molar-refractivity contribution is 0.177. The van der Waals surface area contributed by atoms with E-state index in [1.807, 2.05) is 41.8 Å². The third kappa shape index (κ3) is 4.27. The molecule has 1 aliphatic heterocycles. The highest BCUT2D eigenvalue weighted by Gasteiger charge is 2.29. The fourth-order valence-electron chi connectivity index (χ4n) is 4.14. The number of piperazine rings is 1. The zero-order valence-corrected chi connectivity index (χ0v) is 19.0. The summed E-state index contributed by atoms with van der Waals surface area (Å²) in [6, 6.07) is 17.0. The van der Waals surface area contributed by atoms with E-state index in [0.717, 1.165) is 16.9 Å². The fraction of sp³-hybridized carbons (Fsp3) is 0.250. The quantitative estimate of drug-likeness (QED) is 0.452. The molecule has 1 fully saturated rings. The normalized spacial score (nSPS) is 15.8. The zero-order chi connectivity index (χ0) is 23.0. The topological polar surface area (TPSA) is 71.3 Å². The van der Waals surface area contributed by atoms with Crippen LogP contribution in [0.1, 0.15) is 11.4 Å². The van der Waals surface area contributed by atoms with Crippen LogP contribution in [-0.4, -0.2) is 58.3 Å². The summed E-state index contributed by atoms with van der Waals surface area (Å²) >= 11 is 0. The van der Waals surface area contributed by atoms with Crippen molar-refractivity contribution < 1.29 is 12.8 Å². The lowest BCUT2D eigenvalue weighted by Crippen LogP contribution is -2.48. The van der Waals surface area contributed by atoms with Crippen molar-refractivity contribution in [1.82, 2.24) is 23.7 Å². The number of benzene rings is 2. The number of aryl methyl sites for hydroxylation is 1. The molecule has 0 amide bonds. The summed E-state index contributed by atoms with van der Waals surface area (Å²) in [6.07, 6.45) is 1.69. The Morgan fingerprint density at radius 2 is 1.73 bits per heavy atom. The highest BCUT2D eigenvalue weighted by Crippen LogP contribution is 2.23. The number of imidazole rings is 1. The number of pyridine rings is 1. The fourth-order valence-corrected chi connectivity index (χ4v) is 5.56. The molecule has 0 saturated carbocycles. The molecule has 7 nitrogen and oxygen atoms in total. The molecule has 1 saturated heterocycles. The maximum absolute atomic E-state index is 13.9. The van der Waals surface area contributed by atoms with Crippen molar-refractivity contribution in [3.63, 3.8) is 0 Å². The van der Waals surface area contributed by atoms with Crippen LogP contribution in [0.4, 0.5) is 4.39 Å². The van der Waals surface area contributed by atoms with E-state index >= 15 is 0 Å². The van der Waals surface area contributed by atoms with Gasteiger partial charge in [-0.2, -0.15) is 4.31 Å². The van der Waals surface area contributed by atoms with Crippen LogP contribution in [0.15, 0.2) is 71.8 Å². The van der Waals surface area contributed by atoms with E-state index in [4.69, 9.17) is 4.98 Å². The molecule has 5 rings (SSSR count). The molecule has 9 heteroatoms. The molecule has 0 bridgehead atoms. The number of hydrogen-bond acceptors (Lipinski definition) is 5. The van der Waals surface area contributed by atoms with Gasteiger partial charge in [-0.3, -0.25) is 9.47 Å². The molecule has 4 aromatic rings. The largest absolute Gasteiger partial charge is 0.293 e. The van der Waals surface area contributed by atoms with Gasteiger partial charge in [-0.25, -0.2) is 22.8 Å². The minimum Gasteiger partial charge on any atom is -0.293 e. The molecule has 170 valence electrons. The molecule has 0 aliphatic carbocycles. The monoisotopic (exact) mass is 465 g/mol. The summed E-state index contributed by atoms with van der Waals surface area (Å²) < 4.78 is 43.3. The number of sulfonamides is 1. The van der Waals surface area contributed by atoms with E-state index in [1.54, 1.807) is 24.4 Å². The molecule has 3 heterocycles. The van der Waals surface area contributed by atoms with Crippen molar-refractivity contribution in [2.45, 2.75) is 18.4 Å². The van der Waals surface area contributed by atoms with Crippen LogP contribution in [0.5, 0.6) is 0 Å². The average Bonchev–Trinajstić information content (AvgIpc) is 3.17. The van der Waals surface area contributed by atoms with Gasteiger partial charge in [-0.05, 0) is 49.4 Å². The van der Waals surface area contributed by atoms with Crippen LogP contribution < -0.4 is 0 Å². The Morgan fingerprint density at radius 1 is 0.970 bits per heavy atom. The molecule has 0 spiro atoms. The summed E-state index contributed by atoms with van der Waals surface area (Å²) in [7, 11) is -3.52. The Kier molecular flexibility index (Phi) is 5.69. The Bertz CT molecular complexity index is 1390. The maximum Gasteiger partial charge on any atom is 0.243 e. The van der Waals surface area contributed by atoms with Crippen LogP contribution in [0.25, 0.3) is 16.9 Å². The predicted molar refractivity (Wildman–Crippen MR) is 124 cm³/mol. The SMILES string of the molecule is Cc1ccc(S(=O)(=O)N2CCN(Cc3nc4cccnc4n3-c3cccc(F)c3)CC2)cc1. The van der Waals surface area contributed by atoms with E-state index in [2.05, 4.69) is 9.88 Å². The van der Waals surface area contributed by atoms with Gasteiger partial charge in [-0.15, -0.1) is 0 Å². The van der Waals surface area contributed by atoms with Gasteiger partial charge in [-0.1, -0.05) is 23.8 Å². The third-order valence-corrected chi connectivity index (χ3v) is 7.82. The van der Waals surface area contributed by atoms with E-state index in [0.29, 0.717) is 49.0 Å². The van der Waals surface area contributed by atoms with Gasteiger partial charge in [0.25, 0.3) is 0 Å². The second kappa shape index (κ2) is 8.66. The van der Waals surface area contributed by atoms with Crippen molar-refractivity contribution in [3.05, 3.63) is 84.1 Å². The summed E-state index contributed by atoms with van der Waals surface area (Å²) in [5, 5.41) is 0. The van der Waals surface area contributed by atoms with Crippen molar-refractivity contribution >= 4 is 21.2 Å². The maximum atomic E-state index is 13.9. The molecule has 33 heavy (non-hydrogen) atoms. The number of fused-ring (bicyclic) bond motifs is 1. The molecule has 2 aromatic carbocycles. The van der Waals surface area contributed by atoms with Crippen LogP contribution in [-0.2, 0) is 16.6 Å². The van der Waals surface area contributed by atoms with Gasteiger partial charge in [0.1, 0.15) is 17.2 Å². The van der Waals surface area contributed by atoms with Gasteiger partial charge in [0.2, 0.25) is 10.0 Å². The van der Waals surface area contributed by atoms with Crippen LogP contribution in [0.3, 0.4) is 0 Å². The first-order valence-corrected chi connectivity index (χ1v) is 12.2. The highest BCUT2D eigenvalue weighted by atomic mass is 32.2. The molecular weight excluding hydrogens is 441 g/mol. The van der Waals surface area contributed by atoms with Gasteiger partial charge < -0.3 is 0 Å². The molecule has 0 radical (unpaired) electrons. The number of rotatable bonds is 5. The lowest BCUT2D eigenvalue weighted by Gasteiger charge is -2.33. The zero-order valence-electron chi connectivity index (χ0n) is 18.2. The summed E-state index contributed by atoms with van der Waals surface area (Å²) in [6.45, 7) is 4.38. The summed E-state index contributed by atoms with van der Waals surface area (Å²) in [5.74, 6) is 0.412. The standard InChI is InChI=1S/C24H24FN5O2S/c1-18-7-9-21(10-8-18)33(31,32)29-14-12-28(13-15-29)17-23-27-22-6-3-11-26-24(22)30(23)20-5-2-4-19(25)16-20/h2-11,16H,12-15,17H2,1H3. The summed E-state index contributed by atoms with van der Waals surface area (Å²) in [4.78, 5) is 11.7. The lowest BCUT2D eigenvalue weighted by atomic mass is 10.2. The second-order valence-electron chi connectivity index (χ2n) is 8.18. The Hall–Kier alpha value is -3.14. The Balaban J connectivity index is 1.37. The Labute approximate surface area is 192 Å². The van der Waals surface area contributed by atoms with Gasteiger partial charge in [0.15, 0.2) is 5.65 Å². The van der Waals surface area contributed by atoms with E-state index in [1.165, 1.54) is 16.4 Å². The summed E-state index contributed by atoms with van der Waals surface area (Å²) in [5.41, 5.74) is 3.08. The molecule has 0 N–H and O–H groups in total. The van der Waals surface area contributed by atoms with Crippen molar-refractivity contribution in [1.29, 1.82) is 0 Å². The molecule has 0 atom stereocenters. The first kappa shape index (κ1) is 21.7. The number of halogens is 1. The number of hydrogen-bond donors (Lipinski definition) is 0. The Morgan fingerprint density at radius 3 is 2.45 bits per heavy atom. The predicted octanol–water partition coefficient (Wildman–Crippen LogP) is 3.37. The van der Waals surface area contributed by atoms with Crippen LogP contribution in [0.2, 0.25) is 0 Å². The number of aromatic nitrogens is 3. The van der Waals surface area contributed by atoms with Crippen molar-refractivity contribution in [2.24, 2.45) is 0 Å². The first-order chi connectivity index (χ1) is 15.9. The smallest absolute Gasteiger partial charge is 0.243 e. The van der Waals surface area contributed by atoms with Crippen molar-refractivity contribution in [3.8, 4) is 5.69 Å². The third-order valence-electron chi connectivity index (χ3n) is 5.91. The van der Waals surface area contributed by atoms with Gasteiger partial charge in [0.05, 0.1) is 17.1 Å². The minimum absolute atomic E-state index is 0.320. The second-order valence-corrected chi connectivity index (χ2v) is 10.1. The average molecular weight is 466 g/mol. The van der Waals surface area contributed by atoms with Crippen molar-refractivity contribution in [2.75, 3.05) is 26.2 Å². The first-order valence-electron chi connectivity index (χ1n) is 10.8. The molecule has 0 unspecified atom stereocenters. The number of nitrogens with zero attached hydrogens (tertiary/aromatic N) is 5. The van der Waals surface area contributed by atoms with Crippen LogP contribution in [0, 0.1) is 12.7 Å². The van der Waals surface area contributed by atoms with Gasteiger partial charge in [0, 0.05) is 32.4 Å². The van der Waals surface area contributed by atoms with E-state index in [-0.39, 0.29) is 5.82 Å². The molecular formula is C24H24FN5O2S. The highest BCUT2D eigenvalue weighted by molar-refractivity contribution is 7.89. The minimum atomic E-state index is -3.52. The van der Waals surface area contributed by atoms with E-state index in [9.17, 15) is 12.8 Å². The molecule has 2 aromatic heterocycles. The van der Waals surface area contributed by atoms with Gasteiger partial charge >= 0.3 is 0 Å². The molecule has 1 aliphatic rings. The van der Waals surface area contributed by atoms with Crippen LogP contribution >= 0.6 is 0 Å². The van der Waals surface area contributed by atoms with E-state index < -0.39 is 10.0 Å².